The second kappa shape index (κ2) is 9.33. The Balaban J connectivity index is 2.14. The van der Waals surface area contributed by atoms with Crippen LogP contribution in [0.25, 0.3) is 0 Å². The maximum absolute atomic E-state index is 12.4. The average molecular weight is 456 g/mol. The fourth-order valence-electron chi connectivity index (χ4n) is 2.36. The van der Waals surface area contributed by atoms with Crippen molar-refractivity contribution in [3.05, 3.63) is 47.0 Å². The molecule has 0 saturated carbocycles. The number of nitrogen functional groups attached to an aromatic ring is 1. The maximum atomic E-state index is 12.4. The van der Waals surface area contributed by atoms with Crippen LogP contribution in [0.2, 0.25) is 5.02 Å². The van der Waals surface area contributed by atoms with Crippen LogP contribution in [0.1, 0.15) is 17.3 Å². The molecule has 2 rings (SSSR count). The van der Waals surface area contributed by atoms with E-state index in [1.807, 2.05) is 0 Å². The van der Waals surface area contributed by atoms with Gasteiger partial charge in [-0.15, -0.1) is 0 Å². The molecule has 9 nitrogen and oxygen atoms in total. The highest BCUT2D eigenvalue weighted by Gasteiger charge is 2.23. The fourth-order valence-corrected chi connectivity index (χ4v) is 3.48. The van der Waals surface area contributed by atoms with Gasteiger partial charge in [0.25, 0.3) is 5.91 Å². The third-order valence-corrected chi connectivity index (χ3v) is 6.21. The number of esters is 1. The van der Waals surface area contributed by atoms with Gasteiger partial charge in [0, 0.05) is 25.8 Å². The molecule has 30 heavy (non-hydrogen) atoms. The first kappa shape index (κ1) is 23.5. The number of benzene rings is 2. The Morgan fingerprint density at radius 1 is 1.20 bits per heavy atom. The fraction of sp³-hybridized carbons (Fsp3) is 0.263. The number of hydrogen-bond donors (Lipinski definition) is 2. The predicted molar refractivity (Wildman–Crippen MR) is 113 cm³/mol. The summed E-state index contributed by atoms with van der Waals surface area (Å²) >= 11 is 5.95. The summed E-state index contributed by atoms with van der Waals surface area (Å²) in [5, 5.41) is 2.66. The molecule has 1 amide bonds. The van der Waals surface area contributed by atoms with Gasteiger partial charge in [0.2, 0.25) is 10.0 Å². The van der Waals surface area contributed by atoms with Crippen LogP contribution in [-0.4, -0.2) is 51.9 Å². The number of carbonyl (C=O) groups is 2. The molecular weight excluding hydrogens is 434 g/mol. The van der Waals surface area contributed by atoms with Crippen molar-refractivity contribution in [3.63, 3.8) is 0 Å². The summed E-state index contributed by atoms with van der Waals surface area (Å²) in [4.78, 5) is 24.9. The van der Waals surface area contributed by atoms with Gasteiger partial charge in [-0.3, -0.25) is 4.79 Å². The Labute approximate surface area is 179 Å². The number of halogens is 1. The zero-order valence-electron chi connectivity index (χ0n) is 16.8. The van der Waals surface area contributed by atoms with Crippen molar-refractivity contribution in [1.29, 1.82) is 0 Å². The van der Waals surface area contributed by atoms with Gasteiger partial charge in [0.15, 0.2) is 6.10 Å². The lowest BCUT2D eigenvalue weighted by Crippen LogP contribution is -2.30. The Kier molecular flexibility index (Phi) is 7.30. The van der Waals surface area contributed by atoms with Crippen LogP contribution in [0.4, 0.5) is 11.4 Å². The minimum Gasteiger partial charge on any atom is -0.496 e. The Morgan fingerprint density at radius 2 is 1.87 bits per heavy atom. The van der Waals surface area contributed by atoms with Crippen LogP contribution < -0.4 is 15.8 Å². The number of ether oxygens (including phenoxy) is 2. The van der Waals surface area contributed by atoms with E-state index in [-0.39, 0.29) is 32.6 Å². The molecule has 2 aromatic carbocycles. The molecule has 0 aliphatic heterocycles. The predicted octanol–water partition coefficient (Wildman–Crippen LogP) is 2.37. The van der Waals surface area contributed by atoms with Crippen LogP contribution in [0.3, 0.4) is 0 Å². The zero-order chi connectivity index (χ0) is 22.6. The molecule has 0 spiro atoms. The molecule has 3 N–H and O–H groups in total. The molecule has 1 unspecified atom stereocenters. The number of anilines is 2. The molecule has 0 saturated heterocycles. The number of nitrogens with one attached hydrogen (secondary N) is 1. The molecule has 0 aliphatic carbocycles. The van der Waals surface area contributed by atoms with Crippen LogP contribution >= 0.6 is 11.6 Å². The number of nitrogens with two attached hydrogens (primary N) is 1. The summed E-state index contributed by atoms with van der Waals surface area (Å²) in [7, 11) is 0.491. The minimum atomic E-state index is -3.67. The van der Waals surface area contributed by atoms with Crippen LogP contribution in [-0.2, 0) is 19.6 Å². The van der Waals surface area contributed by atoms with Crippen LogP contribution in [0.15, 0.2) is 41.3 Å². The summed E-state index contributed by atoms with van der Waals surface area (Å²) in [6.07, 6.45) is -1.19. The first-order valence-corrected chi connectivity index (χ1v) is 10.5. The first-order chi connectivity index (χ1) is 14.0. The van der Waals surface area contributed by atoms with Gasteiger partial charge in [-0.25, -0.2) is 17.5 Å². The number of rotatable bonds is 7. The van der Waals surface area contributed by atoms with Gasteiger partial charge in [-0.05, 0) is 31.2 Å². The molecule has 0 radical (unpaired) electrons. The Morgan fingerprint density at radius 3 is 2.47 bits per heavy atom. The normalized spacial score (nSPS) is 12.3. The SMILES string of the molecule is COc1cc(N)c(Cl)cc1C(=O)OC(C)C(=O)Nc1cccc(S(=O)(=O)N(C)C)c1. The quantitative estimate of drug-likeness (QED) is 0.484. The van der Waals surface area contributed by atoms with Crippen LogP contribution in [0.5, 0.6) is 5.75 Å². The van der Waals surface area contributed by atoms with E-state index in [1.165, 1.54) is 64.5 Å². The summed E-state index contributed by atoms with van der Waals surface area (Å²) in [6, 6.07) is 8.39. The van der Waals surface area contributed by atoms with Crippen molar-refractivity contribution < 1.29 is 27.5 Å². The highest BCUT2D eigenvalue weighted by molar-refractivity contribution is 7.89. The van der Waals surface area contributed by atoms with E-state index in [1.54, 1.807) is 0 Å². The molecule has 1 atom stereocenters. The summed E-state index contributed by atoms with van der Waals surface area (Å²) in [5.41, 5.74) is 6.16. The second-order valence-corrected chi connectivity index (χ2v) is 8.99. The van der Waals surface area contributed by atoms with Crippen molar-refractivity contribution in [2.24, 2.45) is 0 Å². The van der Waals surface area contributed by atoms with E-state index in [0.717, 1.165) is 4.31 Å². The first-order valence-electron chi connectivity index (χ1n) is 8.64. The lowest BCUT2D eigenvalue weighted by molar-refractivity contribution is -0.123. The summed E-state index contributed by atoms with van der Waals surface area (Å²) in [5.74, 6) is -1.33. The number of amides is 1. The molecule has 11 heteroatoms. The van der Waals surface area contributed by atoms with Gasteiger partial charge < -0.3 is 20.5 Å². The lowest BCUT2D eigenvalue weighted by atomic mass is 10.2. The number of hydrogen-bond acceptors (Lipinski definition) is 7. The third-order valence-electron chi connectivity index (χ3n) is 4.07. The van der Waals surface area contributed by atoms with Gasteiger partial charge in [-0.1, -0.05) is 17.7 Å². The highest BCUT2D eigenvalue weighted by Crippen LogP contribution is 2.29. The molecule has 2 aromatic rings. The minimum absolute atomic E-state index is 0.00965. The molecule has 0 fully saturated rings. The number of nitrogens with zero attached hydrogens (tertiary/aromatic N) is 1. The molecule has 162 valence electrons. The monoisotopic (exact) mass is 455 g/mol. The molecular formula is C19H22ClN3O6S. The summed E-state index contributed by atoms with van der Waals surface area (Å²) < 4.78 is 35.8. The topological polar surface area (TPSA) is 128 Å². The third kappa shape index (κ3) is 5.21. The molecule has 0 heterocycles. The van der Waals surface area contributed by atoms with Crippen molar-refractivity contribution >= 4 is 44.9 Å². The molecule has 0 aliphatic rings. The highest BCUT2D eigenvalue weighted by atomic mass is 35.5. The Bertz CT molecular complexity index is 1070. The van der Waals surface area contributed by atoms with E-state index >= 15 is 0 Å². The number of sulfonamides is 1. The maximum Gasteiger partial charge on any atom is 0.342 e. The zero-order valence-corrected chi connectivity index (χ0v) is 18.4. The van der Waals surface area contributed by atoms with Crippen molar-refractivity contribution in [1.82, 2.24) is 4.31 Å². The van der Waals surface area contributed by atoms with Crippen molar-refractivity contribution in [2.75, 3.05) is 32.3 Å². The van der Waals surface area contributed by atoms with Crippen molar-refractivity contribution in [3.8, 4) is 5.75 Å². The van der Waals surface area contributed by atoms with E-state index in [4.69, 9.17) is 26.8 Å². The smallest absolute Gasteiger partial charge is 0.342 e. The van der Waals surface area contributed by atoms with Gasteiger partial charge >= 0.3 is 5.97 Å². The van der Waals surface area contributed by atoms with E-state index < -0.39 is 28.0 Å². The number of methoxy groups -OCH3 is 1. The Hall–Kier alpha value is -2.82. The van der Waals surface area contributed by atoms with E-state index in [2.05, 4.69) is 5.32 Å². The second-order valence-electron chi connectivity index (χ2n) is 6.43. The van der Waals surface area contributed by atoms with Crippen molar-refractivity contribution in [2.45, 2.75) is 17.9 Å². The molecule has 0 bridgehead atoms. The molecule has 0 aromatic heterocycles. The van der Waals surface area contributed by atoms with E-state index in [0.29, 0.717) is 0 Å². The summed E-state index contributed by atoms with van der Waals surface area (Å²) in [6.45, 7) is 1.37. The van der Waals surface area contributed by atoms with Crippen LogP contribution in [0, 0.1) is 0 Å². The van der Waals surface area contributed by atoms with Gasteiger partial charge in [0.1, 0.15) is 11.3 Å². The largest absolute Gasteiger partial charge is 0.496 e. The van der Waals surface area contributed by atoms with E-state index in [9.17, 15) is 18.0 Å². The van der Waals surface area contributed by atoms with Gasteiger partial charge in [-0.2, -0.15) is 0 Å². The lowest BCUT2D eigenvalue weighted by Gasteiger charge is -2.16. The van der Waals surface area contributed by atoms with Gasteiger partial charge in [0.05, 0.1) is 22.7 Å². The average Bonchev–Trinajstić information content (AvgIpc) is 2.69. The number of carbonyl (C=O) groups excluding carboxylic acids is 2. The standard InChI is InChI=1S/C19H22ClN3O6S/c1-11(29-19(25)14-9-15(20)16(21)10-17(14)28-4)18(24)22-12-6-5-7-13(8-12)30(26,27)23(2)3/h5-11H,21H2,1-4H3,(H,22,24).